The number of fused-ring (bicyclic) bond motifs is 3. The van der Waals surface area contributed by atoms with E-state index in [-0.39, 0.29) is 22.7 Å². The quantitative estimate of drug-likeness (QED) is 0.635. The van der Waals surface area contributed by atoms with Gasteiger partial charge in [-0.2, -0.15) is 0 Å². The second kappa shape index (κ2) is 4.47. The van der Waals surface area contributed by atoms with Crippen LogP contribution in [0.4, 0.5) is 0 Å². The monoisotopic (exact) mass is 314 g/mol. The zero-order valence-corrected chi connectivity index (χ0v) is 14.3. The fourth-order valence-electron chi connectivity index (χ4n) is 5.56. The number of ketones is 1. The number of Topliss-reactive ketones (excluding diaryl/α,β-unsaturated/α-hetero) is 1. The maximum absolute atomic E-state index is 12.8. The summed E-state index contributed by atoms with van der Waals surface area (Å²) < 4.78 is 0. The molecular formula is C20H23ClO. The van der Waals surface area contributed by atoms with Crippen molar-refractivity contribution in [2.24, 2.45) is 22.7 Å². The summed E-state index contributed by atoms with van der Waals surface area (Å²) in [5.74, 6) is 0.900. The Morgan fingerprint density at radius 3 is 2.59 bits per heavy atom. The lowest BCUT2D eigenvalue weighted by Crippen LogP contribution is -2.51. The van der Waals surface area contributed by atoms with E-state index in [0.29, 0.717) is 11.7 Å². The SMILES string of the molecule is CC1(C)CCC[C@@]2(C)C1=C[C@H]1C(=O)[C@H](c3ccccc3Cl)[C@H]12. The van der Waals surface area contributed by atoms with Gasteiger partial charge in [-0.1, -0.05) is 68.6 Å². The van der Waals surface area contributed by atoms with Gasteiger partial charge in [-0.05, 0) is 41.2 Å². The van der Waals surface area contributed by atoms with Crippen LogP contribution in [0.5, 0.6) is 0 Å². The minimum Gasteiger partial charge on any atom is -0.298 e. The van der Waals surface area contributed by atoms with Crippen LogP contribution in [0.25, 0.3) is 0 Å². The predicted molar refractivity (Wildman–Crippen MR) is 90.0 cm³/mol. The van der Waals surface area contributed by atoms with Gasteiger partial charge >= 0.3 is 0 Å². The van der Waals surface area contributed by atoms with Gasteiger partial charge in [-0.25, -0.2) is 0 Å². The van der Waals surface area contributed by atoms with Crippen molar-refractivity contribution >= 4 is 17.4 Å². The maximum atomic E-state index is 12.8. The number of hydrogen-bond donors (Lipinski definition) is 0. The molecule has 2 fully saturated rings. The van der Waals surface area contributed by atoms with Crippen molar-refractivity contribution in [3.8, 4) is 0 Å². The number of carbonyl (C=O) groups excluding carboxylic acids is 1. The van der Waals surface area contributed by atoms with Gasteiger partial charge in [-0.3, -0.25) is 4.79 Å². The molecule has 0 radical (unpaired) electrons. The van der Waals surface area contributed by atoms with Crippen LogP contribution in [0.3, 0.4) is 0 Å². The van der Waals surface area contributed by atoms with Gasteiger partial charge in [0, 0.05) is 16.9 Å². The summed E-state index contributed by atoms with van der Waals surface area (Å²) in [5, 5.41) is 0.742. The third kappa shape index (κ3) is 1.69. The molecule has 3 aliphatic carbocycles. The molecule has 4 rings (SSSR count). The standard InChI is InChI=1S/C20H23ClO/c1-19(2)9-6-10-20(3)15(19)11-13-17(20)16(18(13)22)12-7-4-5-8-14(12)21/h4-5,7-8,11,13,16-17H,6,9-10H2,1-3H3/t13-,16-,17+,20+/m1/s1. The highest BCUT2D eigenvalue weighted by molar-refractivity contribution is 6.31. The first-order valence-corrected chi connectivity index (χ1v) is 8.75. The molecule has 0 amide bonds. The van der Waals surface area contributed by atoms with Crippen LogP contribution in [0.1, 0.15) is 51.5 Å². The van der Waals surface area contributed by atoms with Crippen LogP contribution >= 0.6 is 11.6 Å². The van der Waals surface area contributed by atoms with Crippen LogP contribution in [0.2, 0.25) is 5.02 Å². The van der Waals surface area contributed by atoms with E-state index in [2.05, 4.69) is 26.8 Å². The lowest BCUT2D eigenvalue weighted by atomic mass is 9.50. The molecule has 0 spiro atoms. The predicted octanol–water partition coefficient (Wildman–Crippen LogP) is 5.40. The summed E-state index contributed by atoms with van der Waals surface area (Å²) in [7, 11) is 0. The van der Waals surface area contributed by atoms with E-state index in [1.54, 1.807) is 0 Å². The second-order valence-electron chi connectivity index (χ2n) is 8.19. The van der Waals surface area contributed by atoms with E-state index in [4.69, 9.17) is 11.6 Å². The van der Waals surface area contributed by atoms with E-state index < -0.39 is 0 Å². The highest BCUT2D eigenvalue weighted by Gasteiger charge is 2.64. The average Bonchev–Trinajstić information content (AvgIpc) is 2.72. The van der Waals surface area contributed by atoms with E-state index in [1.165, 1.54) is 24.8 Å². The van der Waals surface area contributed by atoms with Crippen LogP contribution in [0.15, 0.2) is 35.9 Å². The smallest absolute Gasteiger partial charge is 0.147 e. The second-order valence-corrected chi connectivity index (χ2v) is 8.60. The number of benzene rings is 1. The van der Waals surface area contributed by atoms with Crippen molar-refractivity contribution in [1.29, 1.82) is 0 Å². The number of hydrogen-bond acceptors (Lipinski definition) is 1. The molecular weight excluding hydrogens is 292 g/mol. The Hall–Kier alpha value is -1.08. The number of allylic oxidation sites excluding steroid dienone is 2. The van der Waals surface area contributed by atoms with Gasteiger partial charge in [0.25, 0.3) is 0 Å². The van der Waals surface area contributed by atoms with Gasteiger partial charge in [0.1, 0.15) is 5.78 Å². The van der Waals surface area contributed by atoms with Crippen molar-refractivity contribution in [1.82, 2.24) is 0 Å². The average molecular weight is 315 g/mol. The van der Waals surface area contributed by atoms with Crippen molar-refractivity contribution in [2.75, 3.05) is 0 Å². The minimum absolute atomic E-state index is 0.00801. The summed E-state index contributed by atoms with van der Waals surface area (Å²) in [6, 6.07) is 7.89. The maximum Gasteiger partial charge on any atom is 0.147 e. The van der Waals surface area contributed by atoms with Crippen LogP contribution in [-0.2, 0) is 4.79 Å². The molecule has 116 valence electrons. The molecule has 2 saturated carbocycles. The fourth-order valence-corrected chi connectivity index (χ4v) is 5.81. The number of carbonyl (C=O) groups is 1. The number of rotatable bonds is 1. The zero-order valence-electron chi connectivity index (χ0n) is 13.5. The van der Waals surface area contributed by atoms with E-state index >= 15 is 0 Å². The van der Waals surface area contributed by atoms with Crippen molar-refractivity contribution in [3.05, 3.63) is 46.5 Å². The summed E-state index contributed by atoms with van der Waals surface area (Å²) in [6.45, 7) is 7.08. The normalized spacial score (nSPS) is 38.8. The first kappa shape index (κ1) is 14.5. The van der Waals surface area contributed by atoms with Gasteiger partial charge in [0.2, 0.25) is 0 Å². The molecule has 0 bridgehead atoms. The highest BCUT2D eigenvalue weighted by atomic mass is 35.5. The Morgan fingerprint density at radius 1 is 1.14 bits per heavy atom. The molecule has 3 aliphatic rings. The zero-order chi connectivity index (χ0) is 15.7. The fraction of sp³-hybridized carbons (Fsp3) is 0.550. The molecule has 4 atom stereocenters. The summed E-state index contributed by atoms with van der Waals surface area (Å²) in [6.07, 6.45) is 6.02. The topological polar surface area (TPSA) is 17.1 Å². The molecule has 1 aromatic rings. The van der Waals surface area contributed by atoms with Crippen molar-refractivity contribution < 1.29 is 4.79 Å². The Balaban J connectivity index is 1.78. The molecule has 0 saturated heterocycles. The lowest BCUT2D eigenvalue weighted by molar-refractivity contribution is -0.138. The molecule has 1 nitrogen and oxygen atoms in total. The molecule has 0 heterocycles. The molecule has 2 heteroatoms. The minimum atomic E-state index is -0.00801. The molecule has 1 aromatic carbocycles. The van der Waals surface area contributed by atoms with Crippen LogP contribution in [0, 0.1) is 22.7 Å². The third-order valence-electron chi connectivity index (χ3n) is 6.55. The Morgan fingerprint density at radius 2 is 1.86 bits per heavy atom. The lowest BCUT2D eigenvalue weighted by Gasteiger charge is -2.52. The summed E-state index contributed by atoms with van der Waals surface area (Å²) >= 11 is 6.39. The van der Waals surface area contributed by atoms with E-state index in [0.717, 1.165) is 10.6 Å². The Labute approximate surface area is 137 Å². The van der Waals surface area contributed by atoms with Crippen LogP contribution in [-0.4, -0.2) is 5.78 Å². The molecule has 22 heavy (non-hydrogen) atoms. The molecule has 0 aliphatic heterocycles. The van der Waals surface area contributed by atoms with E-state index in [9.17, 15) is 4.79 Å². The first-order chi connectivity index (χ1) is 10.4. The highest BCUT2D eigenvalue weighted by Crippen LogP contribution is 2.68. The van der Waals surface area contributed by atoms with E-state index in [1.807, 2.05) is 24.3 Å². The molecule has 0 N–H and O–H groups in total. The van der Waals surface area contributed by atoms with Gasteiger partial charge in [0.05, 0.1) is 0 Å². The Kier molecular flexibility index (Phi) is 2.95. The summed E-state index contributed by atoms with van der Waals surface area (Å²) in [4.78, 5) is 12.8. The van der Waals surface area contributed by atoms with Gasteiger partial charge < -0.3 is 0 Å². The van der Waals surface area contributed by atoms with Crippen LogP contribution < -0.4 is 0 Å². The largest absolute Gasteiger partial charge is 0.298 e. The van der Waals surface area contributed by atoms with Gasteiger partial charge in [0.15, 0.2) is 0 Å². The number of halogens is 1. The van der Waals surface area contributed by atoms with Gasteiger partial charge in [-0.15, -0.1) is 0 Å². The van der Waals surface area contributed by atoms with Crippen molar-refractivity contribution in [3.63, 3.8) is 0 Å². The first-order valence-electron chi connectivity index (χ1n) is 8.37. The Bertz CT molecular complexity index is 687. The molecule has 0 unspecified atom stereocenters. The third-order valence-corrected chi connectivity index (χ3v) is 6.89. The van der Waals surface area contributed by atoms with Crippen molar-refractivity contribution in [2.45, 2.75) is 46.0 Å². The summed E-state index contributed by atoms with van der Waals surface area (Å²) in [5.41, 5.74) is 2.97. The molecule has 0 aromatic heterocycles.